The van der Waals surface area contributed by atoms with Crippen LogP contribution >= 0.6 is 11.6 Å². The summed E-state index contributed by atoms with van der Waals surface area (Å²) in [6, 6.07) is 32.3. The summed E-state index contributed by atoms with van der Waals surface area (Å²) in [5.41, 5.74) is 7.05. The van der Waals surface area contributed by atoms with E-state index in [2.05, 4.69) is 49.4 Å². The number of anilines is 1. The standard InChI is InChI=1S/C31H25ClN4O/c1-20-9-6-7-14-25(20)29-19-28(22-12-8-13-24(17-22)37-2)35-36(29)31-33-27-16-15-23(32)18-26(27)30(34-31)21-10-4-3-5-11-21/h3-18,29H,19H2,1-2H3/t29-/m1/s1. The predicted molar refractivity (Wildman–Crippen MR) is 151 cm³/mol. The van der Waals surface area contributed by atoms with Crippen molar-refractivity contribution < 1.29 is 4.74 Å². The van der Waals surface area contributed by atoms with Gasteiger partial charge in [-0.1, -0.05) is 78.3 Å². The topological polar surface area (TPSA) is 50.6 Å². The fraction of sp³-hybridized carbons (Fsp3) is 0.129. The summed E-state index contributed by atoms with van der Waals surface area (Å²) >= 11 is 6.38. The second kappa shape index (κ2) is 9.68. The second-order valence-corrected chi connectivity index (χ2v) is 9.54. The fourth-order valence-corrected chi connectivity index (χ4v) is 5.05. The molecule has 0 amide bonds. The smallest absolute Gasteiger partial charge is 0.247 e. The van der Waals surface area contributed by atoms with Crippen LogP contribution in [0.1, 0.15) is 29.2 Å². The lowest BCUT2D eigenvalue weighted by molar-refractivity contribution is 0.414. The first-order valence-corrected chi connectivity index (χ1v) is 12.6. The van der Waals surface area contributed by atoms with Gasteiger partial charge in [-0.05, 0) is 48.4 Å². The Bertz CT molecular complexity index is 1630. The Morgan fingerprint density at radius 1 is 0.838 bits per heavy atom. The van der Waals surface area contributed by atoms with E-state index in [9.17, 15) is 0 Å². The SMILES string of the molecule is COc1cccc(C2=NN(c3nc(-c4ccccc4)c4cc(Cl)ccc4n3)[C@@H](c3ccccc3C)C2)c1. The van der Waals surface area contributed by atoms with Crippen LogP contribution < -0.4 is 9.75 Å². The molecule has 2 heterocycles. The molecule has 5 nitrogen and oxygen atoms in total. The Hall–Kier alpha value is -4.22. The molecular weight excluding hydrogens is 480 g/mol. The molecule has 1 aliphatic heterocycles. The van der Waals surface area contributed by atoms with Crippen LogP contribution in [-0.4, -0.2) is 22.8 Å². The first kappa shape index (κ1) is 23.2. The zero-order chi connectivity index (χ0) is 25.4. The Morgan fingerprint density at radius 3 is 2.43 bits per heavy atom. The molecule has 182 valence electrons. The Labute approximate surface area is 221 Å². The minimum atomic E-state index is -0.0456. The maximum atomic E-state index is 6.38. The number of halogens is 1. The molecule has 1 aromatic heterocycles. The Morgan fingerprint density at radius 2 is 1.62 bits per heavy atom. The van der Waals surface area contributed by atoms with Crippen LogP contribution in [0.3, 0.4) is 0 Å². The van der Waals surface area contributed by atoms with E-state index < -0.39 is 0 Å². The van der Waals surface area contributed by atoms with Crippen LogP contribution in [0.15, 0.2) is 102 Å². The largest absolute Gasteiger partial charge is 0.497 e. The summed E-state index contributed by atoms with van der Waals surface area (Å²) < 4.78 is 5.47. The maximum Gasteiger partial charge on any atom is 0.247 e. The van der Waals surface area contributed by atoms with Gasteiger partial charge in [0.1, 0.15) is 5.75 Å². The number of fused-ring (bicyclic) bond motifs is 1. The third kappa shape index (κ3) is 4.43. The van der Waals surface area contributed by atoms with E-state index in [0.717, 1.165) is 45.6 Å². The molecule has 0 saturated carbocycles. The molecule has 0 N–H and O–H groups in total. The van der Waals surface area contributed by atoms with Crippen molar-refractivity contribution >= 4 is 34.2 Å². The van der Waals surface area contributed by atoms with Gasteiger partial charge >= 0.3 is 0 Å². The first-order valence-electron chi connectivity index (χ1n) is 12.2. The van der Waals surface area contributed by atoms with Gasteiger partial charge in [-0.15, -0.1) is 0 Å². The van der Waals surface area contributed by atoms with Crippen molar-refractivity contribution in [1.82, 2.24) is 9.97 Å². The molecule has 0 aliphatic carbocycles. The molecule has 0 fully saturated rings. The zero-order valence-corrected chi connectivity index (χ0v) is 21.4. The molecule has 1 atom stereocenters. The van der Waals surface area contributed by atoms with E-state index >= 15 is 0 Å². The lowest BCUT2D eigenvalue weighted by Crippen LogP contribution is -2.22. The molecule has 6 heteroatoms. The van der Waals surface area contributed by atoms with Gasteiger partial charge in [-0.3, -0.25) is 0 Å². The number of ether oxygens (including phenoxy) is 1. The fourth-order valence-electron chi connectivity index (χ4n) is 4.88. The van der Waals surface area contributed by atoms with Crippen molar-refractivity contribution in [3.63, 3.8) is 0 Å². The molecule has 1 aliphatic rings. The summed E-state index contributed by atoms with van der Waals surface area (Å²) in [5.74, 6) is 1.36. The summed E-state index contributed by atoms with van der Waals surface area (Å²) in [7, 11) is 1.68. The van der Waals surface area contributed by atoms with Crippen LogP contribution in [0.2, 0.25) is 5.02 Å². The summed E-state index contributed by atoms with van der Waals surface area (Å²) in [6.07, 6.45) is 0.723. The highest BCUT2D eigenvalue weighted by Crippen LogP contribution is 2.39. The quantitative estimate of drug-likeness (QED) is 0.247. The number of aromatic nitrogens is 2. The lowest BCUT2D eigenvalue weighted by atomic mass is 9.95. The van der Waals surface area contributed by atoms with E-state index in [1.807, 2.05) is 59.6 Å². The molecule has 0 saturated heterocycles. The predicted octanol–water partition coefficient (Wildman–Crippen LogP) is 7.62. The van der Waals surface area contributed by atoms with E-state index in [-0.39, 0.29) is 6.04 Å². The van der Waals surface area contributed by atoms with Gasteiger partial charge < -0.3 is 4.74 Å². The molecule has 37 heavy (non-hydrogen) atoms. The minimum Gasteiger partial charge on any atom is -0.497 e. The number of rotatable bonds is 5. The van der Waals surface area contributed by atoms with Crippen molar-refractivity contribution in [2.24, 2.45) is 5.10 Å². The summed E-state index contributed by atoms with van der Waals surface area (Å²) in [4.78, 5) is 10.1. The van der Waals surface area contributed by atoms with Crippen molar-refractivity contribution in [1.29, 1.82) is 0 Å². The highest BCUT2D eigenvalue weighted by atomic mass is 35.5. The monoisotopic (exact) mass is 504 g/mol. The minimum absolute atomic E-state index is 0.0456. The average Bonchev–Trinajstić information content (AvgIpc) is 3.38. The van der Waals surface area contributed by atoms with Gasteiger partial charge in [-0.2, -0.15) is 5.10 Å². The van der Waals surface area contributed by atoms with Crippen LogP contribution in [0, 0.1) is 6.92 Å². The molecule has 5 aromatic rings. The Balaban J connectivity index is 1.55. The van der Waals surface area contributed by atoms with Crippen molar-refractivity contribution in [3.05, 3.63) is 119 Å². The van der Waals surface area contributed by atoms with E-state index in [0.29, 0.717) is 11.0 Å². The Kier molecular flexibility index (Phi) is 6.07. The molecule has 0 spiro atoms. The average molecular weight is 505 g/mol. The van der Waals surface area contributed by atoms with E-state index in [4.69, 9.17) is 31.4 Å². The van der Waals surface area contributed by atoms with Gasteiger partial charge in [0.2, 0.25) is 5.95 Å². The molecular formula is C31H25ClN4O. The third-order valence-corrected chi connectivity index (χ3v) is 6.99. The van der Waals surface area contributed by atoms with E-state index in [1.165, 1.54) is 11.1 Å². The summed E-state index contributed by atoms with van der Waals surface area (Å²) in [5, 5.41) is 8.63. The third-order valence-electron chi connectivity index (χ3n) is 6.76. The number of aryl methyl sites for hydroxylation is 1. The normalized spacial score (nSPS) is 15.2. The highest BCUT2D eigenvalue weighted by molar-refractivity contribution is 6.31. The van der Waals surface area contributed by atoms with Gasteiger partial charge in [0, 0.05) is 28.0 Å². The van der Waals surface area contributed by atoms with Crippen LogP contribution in [-0.2, 0) is 0 Å². The molecule has 0 bridgehead atoms. The van der Waals surface area contributed by atoms with Crippen molar-refractivity contribution in [2.75, 3.05) is 12.1 Å². The number of methoxy groups -OCH3 is 1. The highest BCUT2D eigenvalue weighted by Gasteiger charge is 2.33. The number of benzene rings is 4. The van der Waals surface area contributed by atoms with Gasteiger partial charge in [0.25, 0.3) is 0 Å². The lowest BCUT2D eigenvalue weighted by Gasteiger charge is -2.24. The number of hydrogen-bond acceptors (Lipinski definition) is 5. The molecule has 0 unspecified atom stereocenters. The first-order chi connectivity index (χ1) is 18.1. The van der Waals surface area contributed by atoms with Crippen molar-refractivity contribution in [3.8, 4) is 17.0 Å². The number of hydrazone groups is 1. The molecule has 6 rings (SSSR count). The van der Waals surface area contributed by atoms with Gasteiger partial charge in [0.05, 0.1) is 30.1 Å². The van der Waals surface area contributed by atoms with Gasteiger partial charge in [0.15, 0.2) is 0 Å². The summed E-state index contributed by atoms with van der Waals surface area (Å²) in [6.45, 7) is 2.13. The van der Waals surface area contributed by atoms with Crippen molar-refractivity contribution in [2.45, 2.75) is 19.4 Å². The van der Waals surface area contributed by atoms with Crippen LogP contribution in [0.4, 0.5) is 5.95 Å². The second-order valence-electron chi connectivity index (χ2n) is 9.10. The van der Waals surface area contributed by atoms with Crippen LogP contribution in [0.25, 0.3) is 22.2 Å². The number of hydrogen-bond donors (Lipinski definition) is 0. The van der Waals surface area contributed by atoms with Gasteiger partial charge in [-0.25, -0.2) is 15.0 Å². The molecule has 4 aromatic carbocycles. The molecule has 0 radical (unpaired) electrons. The van der Waals surface area contributed by atoms with E-state index in [1.54, 1.807) is 7.11 Å². The van der Waals surface area contributed by atoms with Crippen LogP contribution in [0.5, 0.6) is 5.75 Å². The maximum absolute atomic E-state index is 6.38. The number of nitrogens with zero attached hydrogens (tertiary/aromatic N) is 4. The zero-order valence-electron chi connectivity index (χ0n) is 20.6.